The number of anilines is 1. The van der Waals surface area contributed by atoms with E-state index in [0.717, 1.165) is 11.1 Å². The van der Waals surface area contributed by atoms with Gasteiger partial charge in [0.05, 0.1) is 5.69 Å². The number of rotatable bonds is 0. The van der Waals surface area contributed by atoms with Gasteiger partial charge in [-0.3, -0.25) is 0 Å². The summed E-state index contributed by atoms with van der Waals surface area (Å²) in [6, 6.07) is 5.28. The van der Waals surface area contributed by atoms with E-state index in [1.807, 2.05) is 24.3 Å². The standard InChI is InChI=1S/C12H11NO2/c14-10-6-3-4-8-9-5-1-2-7-12(9,15)13-11(8)10/h1-6,13-15H,7H2. The lowest BCUT2D eigenvalue weighted by molar-refractivity contribution is 0.138. The number of phenols is 1. The summed E-state index contributed by atoms with van der Waals surface area (Å²) >= 11 is 0. The van der Waals surface area contributed by atoms with E-state index in [-0.39, 0.29) is 5.75 Å². The molecule has 1 aliphatic carbocycles. The first-order valence-corrected chi connectivity index (χ1v) is 4.91. The molecule has 1 atom stereocenters. The number of nitrogens with one attached hydrogen (secondary N) is 1. The second kappa shape index (κ2) is 2.64. The number of aliphatic hydroxyl groups is 1. The quantitative estimate of drug-likeness (QED) is 0.561. The van der Waals surface area contributed by atoms with E-state index in [1.54, 1.807) is 12.1 Å². The van der Waals surface area contributed by atoms with Crippen molar-refractivity contribution in [2.75, 3.05) is 5.32 Å². The van der Waals surface area contributed by atoms with Crippen molar-refractivity contribution in [2.45, 2.75) is 12.1 Å². The van der Waals surface area contributed by atoms with E-state index < -0.39 is 5.72 Å². The largest absolute Gasteiger partial charge is 0.506 e. The van der Waals surface area contributed by atoms with Crippen molar-refractivity contribution < 1.29 is 10.2 Å². The molecule has 0 aromatic heterocycles. The Labute approximate surface area is 87.4 Å². The van der Waals surface area contributed by atoms with Crippen LogP contribution >= 0.6 is 0 Å². The summed E-state index contributed by atoms with van der Waals surface area (Å²) in [5.41, 5.74) is 1.28. The molecule has 3 heteroatoms. The van der Waals surface area contributed by atoms with Gasteiger partial charge >= 0.3 is 0 Å². The smallest absolute Gasteiger partial charge is 0.166 e. The van der Waals surface area contributed by atoms with Gasteiger partial charge in [-0.25, -0.2) is 0 Å². The van der Waals surface area contributed by atoms with Gasteiger partial charge in [0.1, 0.15) is 5.75 Å². The van der Waals surface area contributed by atoms with E-state index in [2.05, 4.69) is 5.32 Å². The van der Waals surface area contributed by atoms with Crippen LogP contribution in [-0.4, -0.2) is 15.9 Å². The molecule has 1 aromatic carbocycles. The van der Waals surface area contributed by atoms with E-state index in [0.29, 0.717) is 12.1 Å². The lowest BCUT2D eigenvalue weighted by atomic mass is 9.93. The summed E-state index contributed by atoms with van der Waals surface area (Å²) < 4.78 is 0. The van der Waals surface area contributed by atoms with Crippen LogP contribution in [0.2, 0.25) is 0 Å². The number of benzene rings is 1. The predicted molar refractivity (Wildman–Crippen MR) is 58.4 cm³/mol. The van der Waals surface area contributed by atoms with Crippen LogP contribution in [0.1, 0.15) is 12.0 Å². The summed E-state index contributed by atoms with van der Waals surface area (Å²) in [6.07, 6.45) is 6.22. The fourth-order valence-electron chi connectivity index (χ4n) is 2.18. The summed E-state index contributed by atoms with van der Waals surface area (Å²) in [5, 5.41) is 23.0. The Morgan fingerprint density at radius 3 is 3.07 bits per heavy atom. The number of para-hydroxylation sites is 1. The third kappa shape index (κ3) is 1.04. The summed E-state index contributed by atoms with van der Waals surface area (Å²) in [6.45, 7) is 0. The van der Waals surface area contributed by atoms with Crippen LogP contribution in [0, 0.1) is 0 Å². The Morgan fingerprint density at radius 1 is 1.33 bits per heavy atom. The first-order valence-electron chi connectivity index (χ1n) is 4.91. The van der Waals surface area contributed by atoms with E-state index >= 15 is 0 Å². The molecule has 2 aliphatic rings. The van der Waals surface area contributed by atoms with Gasteiger partial charge in [0.25, 0.3) is 0 Å². The lowest BCUT2D eigenvalue weighted by Crippen LogP contribution is -2.35. The van der Waals surface area contributed by atoms with Gasteiger partial charge in [-0.15, -0.1) is 0 Å². The molecule has 0 saturated carbocycles. The molecular weight excluding hydrogens is 190 g/mol. The molecule has 1 unspecified atom stereocenters. The molecule has 15 heavy (non-hydrogen) atoms. The molecule has 0 saturated heterocycles. The normalized spacial score (nSPS) is 26.6. The molecule has 1 heterocycles. The maximum Gasteiger partial charge on any atom is 0.166 e. The number of fused-ring (bicyclic) bond motifs is 3. The van der Waals surface area contributed by atoms with Gasteiger partial charge in [0, 0.05) is 17.6 Å². The van der Waals surface area contributed by atoms with Crippen molar-refractivity contribution in [3.8, 4) is 5.75 Å². The fourth-order valence-corrected chi connectivity index (χ4v) is 2.18. The van der Waals surface area contributed by atoms with Gasteiger partial charge in [0.15, 0.2) is 5.72 Å². The van der Waals surface area contributed by atoms with Crippen molar-refractivity contribution in [3.05, 3.63) is 42.0 Å². The molecule has 3 nitrogen and oxygen atoms in total. The van der Waals surface area contributed by atoms with Gasteiger partial charge < -0.3 is 15.5 Å². The van der Waals surface area contributed by atoms with Crippen LogP contribution in [0.5, 0.6) is 5.75 Å². The third-order valence-corrected chi connectivity index (χ3v) is 2.92. The Balaban J connectivity index is 2.25. The minimum absolute atomic E-state index is 0.177. The molecule has 1 aliphatic heterocycles. The van der Waals surface area contributed by atoms with E-state index in [1.165, 1.54) is 0 Å². The topological polar surface area (TPSA) is 52.5 Å². The molecule has 76 valence electrons. The van der Waals surface area contributed by atoms with Crippen molar-refractivity contribution in [1.82, 2.24) is 0 Å². The number of aromatic hydroxyl groups is 1. The number of phenolic OH excluding ortho intramolecular Hbond substituents is 1. The molecule has 0 spiro atoms. The molecule has 3 rings (SSSR count). The van der Waals surface area contributed by atoms with Crippen LogP contribution in [0.15, 0.2) is 36.4 Å². The highest BCUT2D eigenvalue weighted by molar-refractivity contribution is 5.92. The second-order valence-corrected chi connectivity index (χ2v) is 3.90. The van der Waals surface area contributed by atoms with E-state index in [9.17, 15) is 10.2 Å². The van der Waals surface area contributed by atoms with Gasteiger partial charge in [0.2, 0.25) is 0 Å². The fraction of sp³-hybridized carbons (Fsp3) is 0.167. The molecule has 3 N–H and O–H groups in total. The average Bonchev–Trinajstić information content (AvgIpc) is 2.52. The Kier molecular flexibility index (Phi) is 1.51. The SMILES string of the molecule is Oc1cccc2c1NC1(O)CC=CC=C21. The van der Waals surface area contributed by atoms with Crippen LogP contribution < -0.4 is 5.32 Å². The maximum absolute atomic E-state index is 10.3. The van der Waals surface area contributed by atoms with Crippen LogP contribution in [0.4, 0.5) is 5.69 Å². The molecule has 0 amide bonds. The van der Waals surface area contributed by atoms with Gasteiger partial charge in [-0.05, 0) is 6.07 Å². The highest BCUT2D eigenvalue weighted by atomic mass is 16.3. The first kappa shape index (κ1) is 8.56. The molecule has 0 bridgehead atoms. The average molecular weight is 201 g/mol. The monoisotopic (exact) mass is 201 g/mol. The van der Waals surface area contributed by atoms with Crippen molar-refractivity contribution in [3.63, 3.8) is 0 Å². The zero-order chi connectivity index (χ0) is 10.5. The zero-order valence-electron chi connectivity index (χ0n) is 8.07. The van der Waals surface area contributed by atoms with Crippen LogP contribution in [0.3, 0.4) is 0 Å². The second-order valence-electron chi connectivity index (χ2n) is 3.90. The minimum Gasteiger partial charge on any atom is -0.506 e. The van der Waals surface area contributed by atoms with Crippen molar-refractivity contribution in [2.24, 2.45) is 0 Å². The van der Waals surface area contributed by atoms with Crippen molar-refractivity contribution in [1.29, 1.82) is 0 Å². The lowest BCUT2D eigenvalue weighted by Gasteiger charge is -2.26. The number of hydrogen-bond donors (Lipinski definition) is 3. The minimum atomic E-state index is -1.05. The Hall–Kier alpha value is -1.74. The highest BCUT2D eigenvalue weighted by Crippen LogP contribution is 2.47. The number of hydrogen-bond acceptors (Lipinski definition) is 3. The summed E-state index contributed by atoms with van der Waals surface area (Å²) in [7, 11) is 0. The van der Waals surface area contributed by atoms with Crippen LogP contribution in [-0.2, 0) is 0 Å². The Morgan fingerprint density at radius 2 is 2.20 bits per heavy atom. The molecule has 0 radical (unpaired) electrons. The van der Waals surface area contributed by atoms with Crippen LogP contribution in [0.25, 0.3) is 5.57 Å². The molecular formula is C12H11NO2. The predicted octanol–water partition coefficient (Wildman–Crippen LogP) is 1.85. The van der Waals surface area contributed by atoms with Gasteiger partial charge in [-0.2, -0.15) is 0 Å². The molecule has 0 fully saturated rings. The highest BCUT2D eigenvalue weighted by Gasteiger charge is 2.40. The maximum atomic E-state index is 10.3. The number of allylic oxidation sites excluding steroid dienone is 2. The summed E-state index contributed by atoms with van der Waals surface area (Å²) in [5.74, 6) is 0.177. The van der Waals surface area contributed by atoms with E-state index in [4.69, 9.17) is 0 Å². The van der Waals surface area contributed by atoms with Crippen molar-refractivity contribution >= 4 is 11.3 Å². The Bertz CT molecular complexity index is 490. The van der Waals surface area contributed by atoms with Gasteiger partial charge in [-0.1, -0.05) is 30.4 Å². The summed E-state index contributed by atoms with van der Waals surface area (Å²) in [4.78, 5) is 0. The molecule has 1 aromatic rings. The zero-order valence-corrected chi connectivity index (χ0v) is 8.07. The first-order chi connectivity index (χ1) is 7.21. The third-order valence-electron chi connectivity index (χ3n) is 2.92.